The molecular weight excluding hydrogens is 420 g/mol. The fourth-order valence-electron chi connectivity index (χ4n) is 4.52. The lowest BCUT2D eigenvalue weighted by Gasteiger charge is -2.31. The summed E-state index contributed by atoms with van der Waals surface area (Å²) in [6, 6.07) is 14.1. The molecule has 170 valence electrons. The van der Waals surface area contributed by atoms with E-state index in [0.717, 1.165) is 18.7 Å². The van der Waals surface area contributed by atoms with Crippen LogP contribution in [-0.4, -0.2) is 61.7 Å². The Morgan fingerprint density at radius 1 is 1.03 bits per heavy atom. The Balaban J connectivity index is 1.54. The Morgan fingerprint density at radius 3 is 2.55 bits per heavy atom. The van der Waals surface area contributed by atoms with E-state index >= 15 is 0 Å². The van der Waals surface area contributed by atoms with Crippen molar-refractivity contribution in [3.05, 3.63) is 88.3 Å². The average Bonchev–Trinajstić information content (AvgIpc) is 3.14. The van der Waals surface area contributed by atoms with E-state index in [1.165, 1.54) is 0 Å². The van der Waals surface area contributed by atoms with E-state index in [9.17, 15) is 9.59 Å². The van der Waals surface area contributed by atoms with Gasteiger partial charge in [-0.25, -0.2) is 0 Å². The average molecular weight is 447 g/mol. The van der Waals surface area contributed by atoms with Crippen molar-refractivity contribution in [2.24, 2.45) is 0 Å². The molecule has 2 aliphatic rings. The molecule has 1 amide bonds. The third-order valence-corrected chi connectivity index (χ3v) is 6.20. The van der Waals surface area contributed by atoms with Gasteiger partial charge in [-0.2, -0.15) is 0 Å². The zero-order valence-corrected chi connectivity index (χ0v) is 18.4. The molecule has 0 radical (unpaired) electrons. The van der Waals surface area contributed by atoms with Crippen molar-refractivity contribution < 1.29 is 18.7 Å². The van der Waals surface area contributed by atoms with Gasteiger partial charge in [0.05, 0.1) is 30.2 Å². The van der Waals surface area contributed by atoms with Crippen molar-refractivity contribution in [2.45, 2.75) is 6.04 Å². The SMILES string of the molecule is C=CCOc1ccc([C@H]2c3c(oc4ccccc4c3=O)C(=O)N2CCN2CCOCC2)cc1. The second-order valence-electron chi connectivity index (χ2n) is 8.19. The monoisotopic (exact) mass is 446 g/mol. The molecule has 3 aromatic rings. The van der Waals surface area contributed by atoms with Gasteiger partial charge in [0.1, 0.15) is 17.9 Å². The summed E-state index contributed by atoms with van der Waals surface area (Å²) < 4.78 is 17.0. The number of para-hydroxylation sites is 1. The molecule has 1 saturated heterocycles. The lowest BCUT2D eigenvalue weighted by Crippen LogP contribution is -2.42. The number of hydrogen-bond acceptors (Lipinski definition) is 6. The predicted octanol–water partition coefficient (Wildman–Crippen LogP) is 3.24. The van der Waals surface area contributed by atoms with Gasteiger partial charge in [0, 0.05) is 26.2 Å². The smallest absolute Gasteiger partial charge is 0.290 e. The number of ether oxygens (including phenoxy) is 2. The number of morpholine rings is 1. The van der Waals surface area contributed by atoms with Gasteiger partial charge in [0.15, 0.2) is 5.43 Å². The Labute approximate surface area is 191 Å². The third-order valence-electron chi connectivity index (χ3n) is 6.20. The first kappa shape index (κ1) is 21.4. The molecule has 0 N–H and O–H groups in total. The van der Waals surface area contributed by atoms with Crippen LogP contribution in [0.15, 0.2) is 70.4 Å². The van der Waals surface area contributed by atoms with E-state index in [4.69, 9.17) is 13.9 Å². The number of carbonyl (C=O) groups excluding carboxylic acids is 1. The molecule has 3 heterocycles. The lowest BCUT2D eigenvalue weighted by atomic mass is 9.98. The van der Waals surface area contributed by atoms with Gasteiger partial charge in [0.2, 0.25) is 5.76 Å². The molecular formula is C26H26N2O5. The number of amides is 1. The van der Waals surface area contributed by atoms with Crippen LogP contribution < -0.4 is 10.2 Å². The highest BCUT2D eigenvalue weighted by atomic mass is 16.5. The maximum atomic E-state index is 13.5. The van der Waals surface area contributed by atoms with Crippen molar-refractivity contribution in [3.8, 4) is 5.75 Å². The number of fused-ring (bicyclic) bond motifs is 2. The third kappa shape index (κ3) is 4.05. The largest absolute Gasteiger partial charge is 0.490 e. The molecule has 0 aliphatic carbocycles. The highest BCUT2D eigenvalue weighted by Crippen LogP contribution is 2.38. The number of carbonyl (C=O) groups is 1. The molecule has 0 saturated carbocycles. The van der Waals surface area contributed by atoms with Crippen LogP contribution in [0.1, 0.15) is 27.7 Å². The summed E-state index contributed by atoms with van der Waals surface area (Å²) in [5.41, 5.74) is 1.51. The lowest BCUT2D eigenvalue weighted by molar-refractivity contribution is 0.0314. The first-order valence-electron chi connectivity index (χ1n) is 11.2. The van der Waals surface area contributed by atoms with Gasteiger partial charge in [-0.1, -0.05) is 36.9 Å². The topological polar surface area (TPSA) is 72.2 Å². The van der Waals surface area contributed by atoms with Crippen molar-refractivity contribution >= 4 is 16.9 Å². The number of nitrogens with zero attached hydrogens (tertiary/aromatic N) is 2. The van der Waals surface area contributed by atoms with Crippen molar-refractivity contribution in [3.63, 3.8) is 0 Å². The van der Waals surface area contributed by atoms with Gasteiger partial charge >= 0.3 is 0 Å². The van der Waals surface area contributed by atoms with E-state index in [-0.39, 0.29) is 17.1 Å². The van der Waals surface area contributed by atoms with E-state index in [1.54, 1.807) is 35.2 Å². The molecule has 7 nitrogen and oxygen atoms in total. The molecule has 0 spiro atoms. The second-order valence-corrected chi connectivity index (χ2v) is 8.19. The van der Waals surface area contributed by atoms with E-state index in [0.29, 0.717) is 55.2 Å². The van der Waals surface area contributed by atoms with Gasteiger partial charge in [-0.3, -0.25) is 14.5 Å². The molecule has 5 rings (SSSR count). The van der Waals surface area contributed by atoms with Crippen LogP contribution in [0.5, 0.6) is 5.75 Å². The molecule has 2 aliphatic heterocycles. The highest BCUT2D eigenvalue weighted by Gasteiger charge is 2.42. The van der Waals surface area contributed by atoms with Crippen LogP contribution in [0.2, 0.25) is 0 Å². The number of hydrogen-bond donors (Lipinski definition) is 0. The summed E-state index contributed by atoms with van der Waals surface area (Å²) in [6.07, 6.45) is 1.68. The zero-order chi connectivity index (χ0) is 22.8. The van der Waals surface area contributed by atoms with E-state index < -0.39 is 6.04 Å². The zero-order valence-electron chi connectivity index (χ0n) is 18.4. The van der Waals surface area contributed by atoms with Crippen LogP contribution in [0.4, 0.5) is 0 Å². The predicted molar refractivity (Wildman–Crippen MR) is 125 cm³/mol. The first-order valence-corrected chi connectivity index (χ1v) is 11.2. The first-order chi connectivity index (χ1) is 16.2. The van der Waals surface area contributed by atoms with Gasteiger partial charge in [0.25, 0.3) is 5.91 Å². The fourth-order valence-corrected chi connectivity index (χ4v) is 4.52. The molecule has 1 aromatic heterocycles. The maximum Gasteiger partial charge on any atom is 0.290 e. The summed E-state index contributed by atoms with van der Waals surface area (Å²) in [5.74, 6) is 0.587. The van der Waals surface area contributed by atoms with Crippen molar-refractivity contribution in [2.75, 3.05) is 46.0 Å². The maximum absolute atomic E-state index is 13.5. The fraction of sp³-hybridized carbons (Fsp3) is 0.308. The van der Waals surface area contributed by atoms with E-state index in [1.807, 2.05) is 24.3 Å². The summed E-state index contributed by atoms with van der Waals surface area (Å²) in [7, 11) is 0. The van der Waals surface area contributed by atoms with Crippen molar-refractivity contribution in [1.29, 1.82) is 0 Å². The number of rotatable bonds is 7. The van der Waals surface area contributed by atoms with E-state index in [2.05, 4.69) is 11.5 Å². The van der Waals surface area contributed by atoms with Crippen molar-refractivity contribution in [1.82, 2.24) is 9.80 Å². The normalized spacial score (nSPS) is 18.5. The summed E-state index contributed by atoms with van der Waals surface area (Å²) in [4.78, 5) is 31.0. The minimum atomic E-state index is -0.511. The Kier molecular flexibility index (Phi) is 5.98. The quantitative estimate of drug-likeness (QED) is 0.519. The van der Waals surface area contributed by atoms with Crippen LogP contribution in [0, 0.1) is 0 Å². The Hall–Kier alpha value is -3.42. The summed E-state index contributed by atoms with van der Waals surface area (Å²) in [6.45, 7) is 8.30. The van der Waals surface area contributed by atoms with Crippen LogP contribution in [0.3, 0.4) is 0 Å². The Bertz CT molecular complexity index is 1230. The van der Waals surface area contributed by atoms with Crippen LogP contribution in [0.25, 0.3) is 11.0 Å². The van der Waals surface area contributed by atoms with Crippen LogP contribution >= 0.6 is 0 Å². The summed E-state index contributed by atoms with van der Waals surface area (Å²) >= 11 is 0. The molecule has 1 fully saturated rings. The molecule has 2 aromatic carbocycles. The molecule has 0 unspecified atom stereocenters. The minimum absolute atomic E-state index is 0.137. The second kappa shape index (κ2) is 9.21. The van der Waals surface area contributed by atoms with Crippen LogP contribution in [-0.2, 0) is 4.74 Å². The Morgan fingerprint density at radius 2 is 1.79 bits per heavy atom. The molecule has 7 heteroatoms. The van der Waals surface area contributed by atoms with Gasteiger partial charge < -0.3 is 18.8 Å². The standard InChI is InChI=1S/C26H26N2O5/c1-2-15-32-19-9-7-18(8-10-19)23-22-24(29)20-5-3-4-6-21(20)33-25(22)26(30)28(23)12-11-27-13-16-31-17-14-27/h2-10,23H,1,11-17H2/t23-/m0/s1. The molecule has 33 heavy (non-hydrogen) atoms. The minimum Gasteiger partial charge on any atom is -0.490 e. The molecule has 1 atom stereocenters. The summed E-state index contributed by atoms with van der Waals surface area (Å²) in [5, 5.41) is 0.481. The van der Waals surface area contributed by atoms with Gasteiger partial charge in [-0.15, -0.1) is 0 Å². The molecule has 0 bridgehead atoms. The highest BCUT2D eigenvalue weighted by molar-refractivity contribution is 5.99. The van der Waals surface area contributed by atoms with Gasteiger partial charge in [-0.05, 0) is 29.8 Å². The number of benzene rings is 2.